The van der Waals surface area contributed by atoms with E-state index >= 15 is 0 Å². The minimum atomic E-state index is -0.107. The topological polar surface area (TPSA) is 12.0 Å². The molecule has 0 spiro atoms. The Morgan fingerprint density at radius 1 is 1.26 bits per heavy atom. The molecule has 3 atom stereocenters. The lowest BCUT2D eigenvalue weighted by Crippen LogP contribution is -2.33. The van der Waals surface area contributed by atoms with Gasteiger partial charge in [0.05, 0.1) is 0 Å². The molecular formula is C17H26FN. The molecule has 0 aliphatic heterocycles. The molecule has 2 rings (SSSR count). The number of halogens is 1. The first-order valence-corrected chi connectivity index (χ1v) is 7.64. The normalized spacial score (nSPS) is 27.4. The van der Waals surface area contributed by atoms with Crippen LogP contribution >= 0.6 is 0 Å². The van der Waals surface area contributed by atoms with Crippen molar-refractivity contribution in [2.24, 2.45) is 17.8 Å². The van der Waals surface area contributed by atoms with Crippen LogP contribution in [-0.4, -0.2) is 13.1 Å². The Hall–Kier alpha value is -0.890. The zero-order valence-corrected chi connectivity index (χ0v) is 12.2. The van der Waals surface area contributed by atoms with Crippen LogP contribution in [0, 0.1) is 23.6 Å². The Labute approximate surface area is 116 Å². The fourth-order valence-corrected chi connectivity index (χ4v) is 3.38. The van der Waals surface area contributed by atoms with E-state index in [2.05, 4.69) is 25.2 Å². The van der Waals surface area contributed by atoms with E-state index in [0.717, 1.165) is 36.9 Å². The third kappa shape index (κ3) is 4.31. The number of nitrogens with one attached hydrogen (secondary N) is 1. The Morgan fingerprint density at radius 3 is 2.84 bits per heavy atom. The Balaban J connectivity index is 2.00. The standard InChI is InChI=1S/C17H26FN/c1-3-19-12-15-8-7-13(2)9-16(15)10-14-5-4-6-17(18)11-14/h4-6,11,13,15-16,19H,3,7-10,12H2,1-2H3. The monoisotopic (exact) mass is 263 g/mol. The summed E-state index contributed by atoms with van der Waals surface area (Å²) >= 11 is 0. The van der Waals surface area contributed by atoms with Crippen molar-refractivity contribution in [1.82, 2.24) is 5.32 Å². The average Bonchev–Trinajstić information content (AvgIpc) is 2.38. The molecule has 0 amide bonds. The van der Waals surface area contributed by atoms with Crippen molar-refractivity contribution in [2.75, 3.05) is 13.1 Å². The summed E-state index contributed by atoms with van der Waals surface area (Å²) in [6.07, 6.45) is 4.97. The molecule has 0 heterocycles. The number of hydrogen-bond acceptors (Lipinski definition) is 1. The molecule has 1 saturated carbocycles. The molecule has 106 valence electrons. The van der Waals surface area contributed by atoms with E-state index < -0.39 is 0 Å². The first-order chi connectivity index (χ1) is 9.19. The largest absolute Gasteiger partial charge is 0.317 e. The van der Waals surface area contributed by atoms with Crippen LogP contribution in [0.15, 0.2) is 24.3 Å². The number of rotatable bonds is 5. The highest BCUT2D eigenvalue weighted by molar-refractivity contribution is 5.17. The van der Waals surface area contributed by atoms with Gasteiger partial charge in [-0.15, -0.1) is 0 Å². The van der Waals surface area contributed by atoms with E-state index in [1.807, 2.05) is 6.07 Å². The van der Waals surface area contributed by atoms with E-state index in [1.165, 1.54) is 25.3 Å². The Kier molecular flexibility index (Phi) is 5.38. The van der Waals surface area contributed by atoms with Gasteiger partial charge in [-0.3, -0.25) is 0 Å². The molecule has 1 aromatic carbocycles. The summed E-state index contributed by atoms with van der Waals surface area (Å²) in [5.41, 5.74) is 1.15. The predicted octanol–water partition coefficient (Wildman–Crippen LogP) is 4.03. The van der Waals surface area contributed by atoms with Crippen molar-refractivity contribution in [1.29, 1.82) is 0 Å². The third-order valence-corrected chi connectivity index (χ3v) is 4.45. The highest BCUT2D eigenvalue weighted by atomic mass is 19.1. The second kappa shape index (κ2) is 7.04. The molecule has 1 N–H and O–H groups in total. The highest BCUT2D eigenvalue weighted by Gasteiger charge is 2.28. The molecule has 1 fully saturated rings. The maximum absolute atomic E-state index is 13.3. The summed E-state index contributed by atoms with van der Waals surface area (Å²) in [7, 11) is 0. The van der Waals surface area contributed by atoms with Gasteiger partial charge >= 0.3 is 0 Å². The van der Waals surface area contributed by atoms with Crippen molar-refractivity contribution < 1.29 is 4.39 Å². The lowest BCUT2D eigenvalue weighted by Gasteiger charge is -2.35. The maximum atomic E-state index is 13.3. The first-order valence-electron chi connectivity index (χ1n) is 7.64. The zero-order valence-electron chi connectivity index (χ0n) is 12.2. The van der Waals surface area contributed by atoms with Crippen LogP contribution in [-0.2, 0) is 6.42 Å². The van der Waals surface area contributed by atoms with Gasteiger partial charge in [-0.2, -0.15) is 0 Å². The van der Waals surface area contributed by atoms with Crippen molar-refractivity contribution in [2.45, 2.75) is 39.5 Å². The molecule has 1 aliphatic rings. The maximum Gasteiger partial charge on any atom is 0.123 e. The van der Waals surface area contributed by atoms with Gasteiger partial charge in [0, 0.05) is 0 Å². The molecule has 1 aromatic rings. The Morgan fingerprint density at radius 2 is 2.11 bits per heavy atom. The van der Waals surface area contributed by atoms with Crippen LogP contribution in [0.5, 0.6) is 0 Å². The molecule has 3 unspecified atom stereocenters. The predicted molar refractivity (Wildman–Crippen MR) is 78.6 cm³/mol. The quantitative estimate of drug-likeness (QED) is 0.845. The van der Waals surface area contributed by atoms with E-state index in [9.17, 15) is 4.39 Å². The van der Waals surface area contributed by atoms with Gasteiger partial charge in [0.25, 0.3) is 0 Å². The van der Waals surface area contributed by atoms with Crippen LogP contribution in [0.1, 0.15) is 38.7 Å². The van der Waals surface area contributed by atoms with Crippen molar-refractivity contribution in [3.8, 4) is 0 Å². The fourth-order valence-electron chi connectivity index (χ4n) is 3.38. The van der Waals surface area contributed by atoms with Gasteiger partial charge < -0.3 is 5.32 Å². The summed E-state index contributed by atoms with van der Waals surface area (Å²) < 4.78 is 13.3. The lowest BCUT2D eigenvalue weighted by atomic mass is 9.72. The lowest BCUT2D eigenvalue weighted by molar-refractivity contribution is 0.184. The molecule has 0 saturated heterocycles. The summed E-state index contributed by atoms with van der Waals surface area (Å²) in [6.45, 7) is 6.66. The van der Waals surface area contributed by atoms with Crippen molar-refractivity contribution in [3.05, 3.63) is 35.6 Å². The van der Waals surface area contributed by atoms with E-state index in [-0.39, 0.29) is 5.82 Å². The summed E-state index contributed by atoms with van der Waals surface area (Å²) in [6, 6.07) is 7.12. The van der Waals surface area contributed by atoms with E-state index in [0.29, 0.717) is 5.92 Å². The highest BCUT2D eigenvalue weighted by Crippen LogP contribution is 2.35. The summed E-state index contributed by atoms with van der Waals surface area (Å²) in [5, 5.41) is 3.49. The molecule has 0 radical (unpaired) electrons. The molecule has 0 bridgehead atoms. The molecule has 19 heavy (non-hydrogen) atoms. The smallest absolute Gasteiger partial charge is 0.123 e. The van der Waals surface area contributed by atoms with Gasteiger partial charge in [-0.25, -0.2) is 4.39 Å². The van der Waals surface area contributed by atoms with E-state index in [4.69, 9.17) is 0 Å². The van der Waals surface area contributed by atoms with Crippen LogP contribution < -0.4 is 5.32 Å². The fraction of sp³-hybridized carbons (Fsp3) is 0.647. The number of hydrogen-bond donors (Lipinski definition) is 1. The third-order valence-electron chi connectivity index (χ3n) is 4.45. The van der Waals surface area contributed by atoms with Gasteiger partial charge in [-0.05, 0) is 67.8 Å². The first kappa shape index (κ1) is 14.5. The molecule has 1 aliphatic carbocycles. The van der Waals surface area contributed by atoms with Crippen LogP contribution in [0.25, 0.3) is 0 Å². The molecular weight excluding hydrogens is 237 g/mol. The van der Waals surface area contributed by atoms with Crippen LogP contribution in [0.2, 0.25) is 0 Å². The Bertz CT molecular complexity index is 389. The second-order valence-electron chi connectivity index (χ2n) is 6.08. The van der Waals surface area contributed by atoms with E-state index in [1.54, 1.807) is 6.07 Å². The molecule has 0 aromatic heterocycles. The SMILES string of the molecule is CCNCC1CCC(C)CC1Cc1cccc(F)c1. The van der Waals surface area contributed by atoms with Gasteiger partial charge in [-0.1, -0.05) is 32.4 Å². The second-order valence-corrected chi connectivity index (χ2v) is 6.08. The van der Waals surface area contributed by atoms with Crippen molar-refractivity contribution >= 4 is 0 Å². The van der Waals surface area contributed by atoms with Crippen LogP contribution in [0.3, 0.4) is 0 Å². The van der Waals surface area contributed by atoms with Gasteiger partial charge in [0.15, 0.2) is 0 Å². The van der Waals surface area contributed by atoms with Crippen LogP contribution in [0.4, 0.5) is 4.39 Å². The minimum Gasteiger partial charge on any atom is -0.317 e. The minimum absolute atomic E-state index is 0.107. The molecule has 1 nitrogen and oxygen atoms in total. The summed E-state index contributed by atoms with van der Waals surface area (Å²) in [4.78, 5) is 0. The molecule has 2 heteroatoms. The number of benzene rings is 1. The summed E-state index contributed by atoms with van der Waals surface area (Å²) in [5.74, 6) is 2.16. The van der Waals surface area contributed by atoms with Crippen molar-refractivity contribution in [3.63, 3.8) is 0 Å². The zero-order chi connectivity index (χ0) is 13.7. The van der Waals surface area contributed by atoms with Gasteiger partial charge in [0.2, 0.25) is 0 Å². The van der Waals surface area contributed by atoms with Gasteiger partial charge in [0.1, 0.15) is 5.82 Å². The average molecular weight is 263 g/mol.